The maximum Gasteiger partial charge on any atom is 0.229 e. The Morgan fingerprint density at radius 2 is 2.00 bits per heavy atom. The van der Waals surface area contributed by atoms with Crippen molar-refractivity contribution in [1.82, 2.24) is 0 Å². The first-order chi connectivity index (χ1) is 8.42. The third-order valence-corrected chi connectivity index (χ3v) is 3.57. The summed E-state index contributed by atoms with van der Waals surface area (Å²) in [5.74, 6) is 0.879. The van der Waals surface area contributed by atoms with Crippen LogP contribution in [0.1, 0.15) is 26.2 Å². The molecule has 0 aliphatic heterocycles. The average Bonchev–Trinajstić information content (AvgIpc) is 2.98. The van der Waals surface area contributed by atoms with Gasteiger partial charge in [-0.15, -0.1) is 0 Å². The molecule has 1 saturated carbocycles. The van der Waals surface area contributed by atoms with Gasteiger partial charge in [0.2, 0.25) is 10.0 Å². The molecule has 2 N–H and O–H groups in total. The molecule has 0 heterocycles. The first kappa shape index (κ1) is 13.2. The molecular formula is C13H20N2O2S. The van der Waals surface area contributed by atoms with E-state index in [4.69, 9.17) is 0 Å². The van der Waals surface area contributed by atoms with Gasteiger partial charge >= 0.3 is 0 Å². The number of anilines is 2. The molecule has 0 bridgehead atoms. The molecule has 0 saturated heterocycles. The van der Waals surface area contributed by atoms with Crippen LogP contribution in [0.5, 0.6) is 0 Å². The molecule has 5 heteroatoms. The average molecular weight is 268 g/mol. The number of nitrogens with one attached hydrogen (secondary N) is 2. The van der Waals surface area contributed by atoms with Crippen molar-refractivity contribution >= 4 is 21.4 Å². The lowest BCUT2D eigenvalue weighted by Crippen LogP contribution is -2.16. The van der Waals surface area contributed by atoms with Gasteiger partial charge in [-0.25, -0.2) is 8.42 Å². The third-order valence-electron chi connectivity index (χ3n) is 2.96. The molecular weight excluding hydrogens is 248 g/mol. The fraction of sp³-hybridized carbons (Fsp3) is 0.538. The van der Waals surface area contributed by atoms with Crippen LogP contribution >= 0.6 is 0 Å². The molecule has 4 nitrogen and oxygen atoms in total. The Bertz CT molecular complexity index is 509. The Hall–Kier alpha value is -1.23. The van der Waals surface area contributed by atoms with Gasteiger partial charge in [0.15, 0.2) is 0 Å². The zero-order valence-corrected chi connectivity index (χ0v) is 11.6. The maximum atomic E-state index is 11.2. The van der Waals surface area contributed by atoms with E-state index in [0.717, 1.165) is 17.9 Å². The summed E-state index contributed by atoms with van der Waals surface area (Å²) in [6.07, 6.45) is 5.04. The van der Waals surface area contributed by atoms with Gasteiger partial charge < -0.3 is 5.32 Å². The summed E-state index contributed by atoms with van der Waals surface area (Å²) < 4.78 is 24.8. The first-order valence-electron chi connectivity index (χ1n) is 6.27. The lowest BCUT2D eigenvalue weighted by molar-refractivity contribution is 0.607. The largest absolute Gasteiger partial charge is 0.383 e. The first-order valence-corrected chi connectivity index (χ1v) is 8.16. The van der Waals surface area contributed by atoms with Crippen LogP contribution in [0, 0.1) is 5.92 Å². The van der Waals surface area contributed by atoms with Crippen molar-refractivity contribution in [3.05, 3.63) is 24.3 Å². The summed E-state index contributed by atoms with van der Waals surface area (Å²) in [7, 11) is -3.21. The molecule has 100 valence electrons. The van der Waals surface area contributed by atoms with Crippen LogP contribution in [0.4, 0.5) is 11.4 Å². The molecule has 0 spiro atoms. The maximum absolute atomic E-state index is 11.2. The summed E-state index contributed by atoms with van der Waals surface area (Å²) in [4.78, 5) is 0. The Kier molecular flexibility index (Phi) is 3.80. The Labute approximate surface area is 109 Å². The number of sulfonamides is 1. The topological polar surface area (TPSA) is 58.2 Å². The van der Waals surface area contributed by atoms with Crippen LogP contribution < -0.4 is 10.0 Å². The molecule has 0 amide bonds. The summed E-state index contributed by atoms with van der Waals surface area (Å²) in [5.41, 5.74) is 1.55. The molecule has 2 rings (SSSR count). The standard InChI is InChI=1S/C13H20N2O2S/c1-10(8-11-6-7-11)14-12-4-3-5-13(9-12)15-18(2,16)17/h3-5,9-11,14-15H,6-8H2,1-2H3. The van der Waals surface area contributed by atoms with Gasteiger partial charge in [-0.1, -0.05) is 18.9 Å². The van der Waals surface area contributed by atoms with Crippen molar-refractivity contribution < 1.29 is 8.42 Å². The van der Waals surface area contributed by atoms with E-state index >= 15 is 0 Å². The Morgan fingerprint density at radius 1 is 1.33 bits per heavy atom. The molecule has 1 aliphatic carbocycles. The zero-order valence-electron chi connectivity index (χ0n) is 10.8. The lowest BCUT2D eigenvalue weighted by Gasteiger charge is -2.15. The predicted octanol–water partition coefficient (Wildman–Crippen LogP) is 2.66. The fourth-order valence-corrected chi connectivity index (χ4v) is 2.64. The van der Waals surface area contributed by atoms with Gasteiger partial charge in [-0.05, 0) is 37.5 Å². The second-order valence-corrected chi connectivity index (χ2v) is 6.93. The van der Waals surface area contributed by atoms with Crippen molar-refractivity contribution in [3.8, 4) is 0 Å². The minimum atomic E-state index is -3.21. The summed E-state index contributed by atoms with van der Waals surface area (Å²) in [6, 6.07) is 7.80. The van der Waals surface area contributed by atoms with Gasteiger partial charge in [0, 0.05) is 11.7 Å². The van der Waals surface area contributed by atoms with E-state index < -0.39 is 10.0 Å². The fourth-order valence-electron chi connectivity index (χ4n) is 2.08. The second kappa shape index (κ2) is 5.18. The molecule has 1 atom stereocenters. The Morgan fingerprint density at radius 3 is 2.61 bits per heavy atom. The molecule has 1 fully saturated rings. The van der Waals surface area contributed by atoms with Gasteiger partial charge in [0.1, 0.15) is 0 Å². The second-order valence-electron chi connectivity index (χ2n) is 5.18. The van der Waals surface area contributed by atoms with E-state index in [1.807, 2.05) is 18.2 Å². The Balaban J connectivity index is 1.97. The van der Waals surface area contributed by atoms with Crippen molar-refractivity contribution in [2.24, 2.45) is 5.92 Å². The highest BCUT2D eigenvalue weighted by Crippen LogP contribution is 2.34. The van der Waals surface area contributed by atoms with E-state index in [-0.39, 0.29) is 0 Å². The highest BCUT2D eigenvalue weighted by Gasteiger charge is 2.23. The van der Waals surface area contributed by atoms with Crippen molar-refractivity contribution in [1.29, 1.82) is 0 Å². The van der Waals surface area contributed by atoms with Gasteiger partial charge in [0.25, 0.3) is 0 Å². The molecule has 0 aromatic heterocycles. The van der Waals surface area contributed by atoms with Crippen LogP contribution in [0.15, 0.2) is 24.3 Å². The summed E-state index contributed by atoms with van der Waals surface area (Å²) in [6.45, 7) is 2.16. The van der Waals surface area contributed by atoms with Crippen LogP contribution in [-0.2, 0) is 10.0 Å². The highest BCUT2D eigenvalue weighted by atomic mass is 32.2. The van der Waals surface area contributed by atoms with Crippen LogP contribution in [0.25, 0.3) is 0 Å². The zero-order chi connectivity index (χ0) is 13.2. The van der Waals surface area contributed by atoms with Crippen LogP contribution in [0.3, 0.4) is 0 Å². The quantitative estimate of drug-likeness (QED) is 0.834. The van der Waals surface area contributed by atoms with Crippen LogP contribution in [0.2, 0.25) is 0 Å². The molecule has 1 aliphatic rings. The lowest BCUT2D eigenvalue weighted by atomic mass is 10.1. The van der Waals surface area contributed by atoms with Crippen molar-refractivity contribution in [3.63, 3.8) is 0 Å². The number of hydrogen-bond acceptors (Lipinski definition) is 3. The van der Waals surface area contributed by atoms with E-state index in [1.165, 1.54) is 19.3 Å². The van der Waals surface area contributed by atoms with Gasteiger partial charge in [-0.3, -0.25) is 4.72 Å². The molecule has 1 unspecified atom stereocenters. The molecule has 1 aromatic carbocycles. The van der Waals surface area contributed by atoms with E-state index in [0.29, 0.717) is 11.7 Å². The molecule has 0 radical (unpaired) electrons. The highest BCUT2D eigenvalue weighted by molar-refractivity contribution is 7.92. The minimum Gasteiger partial charge on any atom is -0.383 e. The van der Waals surface area contributed by atoms with E-state index in [2.05, 4.69) is 17.0 Å². The van der Waals surface area contributed by atoms with E-state index in [1.54, 1.807) is 6.07 Å². The third kappa shape index (κ3) is 4.56. The monoisotopic (exact) mass is 268 g/mol. The number of benzene rings is 1. The minimum absolute atomic E-state index is 0.422. The summed E-state index contributed by atoms with van der Waals surface area (Å²) >= 11 is 0. The van der Waals surface area contributed by atoms with Gasteiger partial charge in [0.05, 0.1) is 11.9 Å². The number of rotatable bonds is 6. The van der Waals surface area contributed by atoms with Crippen molar-refractivity contribution in [2.75, 3.05) is 16.3 Å². The normalized spacial score (nSPS) is 17.2. The summed E-state index contributed by atoms with van der Waals surface area (Å²) in [5, 5.41) is 3.40. The molecule has 18 heavy (non-hydrogen) atoms. The smallest absolute Gasteiger partial charge is 0.229 e. The van der Waals surface area contributed by atoms with Crippen LogP contribution in [-0.4, -0.2) is 20.7 Å². The van der Waals surface area contributed by atoms with E-state index in [9.17, 15) is 8.42 Å². The predicted molar refractivity (Wildman–Crippen MR) is 75.3 cm³/mol. The SMILES string of the molecule is CC(CC1CC1)Nc1cccc(NS(C)(=O)=O)c1. The van der Waals surface area contributed by atoms with Crippen molar-refractivity contribution in [2.45, 2.75) is 32.2 Å². The van der Waals surface area contributed by atoms with Gasteiger partial charge in [-0.2, -0.15) is 0 Å². The molecule has 1 aromatic rings. The number of hydrogen-bond donors (Lipinski definition) is 2.